The summed E-state index contributed by atoms with van der Waals surface area (Å²) in [6, 6.07) is 4.57. The number of benzene rings is 1. The van der Waals surface area contributed by atoms with E-state index in [2.05, 4.69) is 15.6 Å². The van der Waals surface area contributed by atoms with Crippen LogP contribution in [0.25, 0.3) is 0 Å². The fraction of sp³-hybridized carbons (Fsp3) is 0.368. The molecule has 0 unspecified atom stereocenters. The molecule has 0 atom stereocenters. The van der Waals surface area contributed by atoms with Crippen LogP contribution in [-0.2, 0) is 0 Å². The van der Waals surface area contributed by atoms with Crippen molar-refractivity contribution in [1.82, 2.24) is 10.3 Å². The minimum absolute atomic E-state index is 0.0212. The quantitative estimate of drug-likeness (QED) is 0.848. The lowest BCUT2D eigenvalue weighted by atomic mass is 10.0. The first-order chi connectivity index (χ1) is 12.9. The second-order valence-corrected chi connectivity index (χ2v) is 7.09. The molecular weight excluding hydrogens is 356 g/mol. The summed E-state index contributed by atoms with van der Waals surface area (Å²) < 4.78 is 37.6. The van der Waals surface area contributed by atoms with E-state index in [0.717, 1.165) is 43.9 Å². The second-order valence-electron chi connectivity index (χ2n) is 7.09. The second kappa shape index (κ2) is 6.68. The normalized spacial score (nSPS) is 17.0. The summed E-state index contributed by atoms with van der Waals surface area (Å²) in [6.07, 6.45) is 3.93. The average Bonchev–Trinajstić information content (AvgIpc) is 3.22. The number of rotatable bonds is 4. The maximum absolute atomic E-state index is 13.4. The number of hydrogen-bond donors (Lipinski definition) is 2. The highest BCUT2D eigenvalue weighted by Gasteiger charge is 2.33. The molecule has 8 heteroatoms. The lowest BCUT2D eigenvalue weighted by molar-refractivity contribution is 0.0898. The summed E-state index contributed by atoms with van der Waals surface area (Å²) in [5, 5.41) is 5.83. The van der Waals surface area contributed by atoms with Crippen LogP contribution in [0.1, 0.15) is 43.1 Å². The molecule has 0 radical (unpaired) electrons. The molecule has 0 saturated heterocycles. The van der Waals surface area contributed by atoms with Gasteiger partial charge in [-0.1, -0.05) is 12.8 Å². The first kappa shape index (κ1) is 17.5. The van der Waals surface area contributed by atoms with Gasteiger partial charge in [-0.25, -0.2) is 13.8 Å². The Morgan fingerprint density at radius 1 is 1.11 bits per heavy atom. The summed E-state index contributed by atoms with van der Waals surface area (Å²) in [6.45, 7) is 1.99. The Balaban J connectivity index is 1.64. The molecule has 27 heavy (non-hydrogen) atoms. The van der Waals surface area contributed by atoms with Gasteiger partial charge < -0.3 is 20.1 Å². The van der Waals surface area contributed by atoms with Crippen LogP contribution in [0, 0.1) is 11.6 Å². The number of carbonyl (C=O) groups excluding carboxylic acids is 1. The molecule has 1 aliphatic heterocycles. The van der Waals surface area contributed by atoms with Crippen molar-refractivity contribution in [3.8, 4) is 11.5 Å². The molecular formula is C19H19F2N3O3. The molecule has 1 saturated carbocycles. The predicted octanol–water partition coefficient (Wildman–Crippen LogP) is 3.89. The number of nitrogens with one attached hydrogen (secondary N) is 2. The SMILES string of the molecule is CC1(NC(=O)c2nc(Nc3cc(F)cc(F)c3)cc3c2OCO3)CCCC1. The van der Waals surface area contributed by atoms with Gasteiger partial charge in [0, 0.05) is 23.4 Å². The van der Waals surface area contributed by atoms with Crippen molar-refractivity contribution in [1.29, 1.82) is 0 Å². The number of aromatic nitrogens is 1. The van der Waals surface area contributed by atoms with Gasteiger partial charge in [-0.15, -0.1) is 0 Å². The van der Waals surface area contributed by atoms with Gasteiger partial charge in [-0.2, -0.15) is 0 Å². The fourth-order valence-electron chi connectivity index (χ4n) is 3.51. The molecule has 0 spiro atoms. The largest absolute Gasteiger partial charge is 0.453 e. The minimum Gasteiger partial charge on any atom is -0.453 e. The summed E-state index contributed by atoms with van der Waals surface area (Å²) in [7, 11) is 0. The molecule has 142 valence electrons. The van der Waals surface area contributed by atoms with E-state index in [9.17, 15) is 13.6 Å². The predicted molar refractivity (Wildman–Crippen MR) is 94.3 cm³/mol. The van der Waals surface area contributed by atoms with Gasteiger partial charge in [-0.3, -0.25) is 4.79 Å². The van der Waals surface area contributed by atoms with Crippen LogP contribution < -0.4 is 20.1 Å². The molecule has 6 nitrogen and oxygen atoms in total. The van der Waals surface area contributed by atoms with Crippen molar-refractivity contribution in [3.05, 3.63) is 41.6 Å². The van der Waals surface area contributed by atoms with E-state index in [1.807, 2.05) is 6.92 Å². The van der Waals surface area contributed by atoms with Gasteiger partial charge in [-0.05, 0) is 31.9 Å². The Labute approximate surface area is 154 Å². The highest BCUT2D eigenvalue weighted by atomic mass is 19.1. The van der Waals surface area contributed by atoms with E-state index < -0.39 is 11.6 Å². The van der Waals surface area contributed by atoms with Crippen LogP contribution in [0.4, 0.5) is 20.3 Å². The average molecular weight is 375 g/mol. The summed E-state index contributed by atoms with van der Waals surface area (Å²) in [5.41, 5.74) is -0.0225. The first-order valence-corrected chi connectivity index (χ1v) is 8.78. The Morgan fingerprint density at radius 2 is 1.81 bits per heavy atom. The molecule has 2 heterocycles. The molecule has 2 aromatic rings. The Morgan fingerprint density at radius 3 is 2.52 bits per heavy atom. The standard InChI is InChI=1S/C19H19F2N3O3/c1-19(4-2-3-5-19)24-18(25)16-17-14(26-10-27-17)9-15(23-16)22-13-7-11(20)6-12(21)8-13/h6-9H,2-5,10H2,1H3,(H,22,23)(H,24,25). The number of anilines is 2. The third kappa shape index (κ3) is 3.65. The number of fused-ring (bicyclic) bond motifs is 1. The summed E-state index contributed by atoms with van der Waals surface area (Å²) >= 11 is 0. The number of nitrogens with zero attached hydrogens (tertiary/aromatic N) is 1. The van der Waals surface area contributed by atoms with Crippen LogP contribution in [0.2, 0.25) is 0 Å². The molecule has 0 bridgehead atoms. The van der Waals surface area contributed by atoms with Crippen molar-refractivity contribution in [2.75, 3.05) is 12.1 Å². The summed E-state index contributed by atoms with van der Waals surface area (Å²) in [5.74, 6) is -0.951. The molecule has 2 aliphatic rings. The molecule has 1 aromatic carbocycles. The number of pyridine rings is 1. The van der Waals surface area contributed by atoms with E-state index >= 15 is 0 Å². The van der Waals surface area contributed by atoms with Gasteiger partial charge in [0.25, 0.3) is 5.91 Å². The third-order valence-corrected chi connectivity index (χ3v) is 4.83. The zero-order valence-electron chi connectivity index (χ0n) is 14.8. The Kier molecular flexibility index (Phi) is 4.33. The van der Waals surface area contributed by atoms with E-state index in [-0.39, 0.29) is 41.2 Å². The smallest absolute Gasteiger partial charge is 0.274 e. The Hall–Kier alpha value is -2.90. The highest BCUT2D eigenvalue weighted by Crippen LogP contribution is 2.38. The fourth-order valence-corrected chi connectivity index (χ4v) is 3.51. The summed E-state index contributed by atoms with van der Waals surface area (Å²) in [4.78, 5) is 17.1. The van der Waals surface area contributed by atoms with E-state index in [1.54, 1.807) is 0 Å². The van der Waals surface area contributed by atoms with Crippen molar-refractivity contribution in [3.63, 3.8) is 0 Å². The first-order valence-electron chi connectivity index (χ1n) is 8.78. The Bertz CT molecular complexity index is 878. The van der Waals surface area contributed by atoms with Gasteiger partial charge >= 0.3 is 0 Å². The zero-order chi connectivity index (χ0) is 19.0. The lowest BCUT2D eigenvalue weighted by Crippen LogP contribution is -2.44. The molecule has 1 aliphatic carbocycles. The monoisotopic (exact) mass is 375 g/mol. The number of carbonyl (C=O) groups is 1. The van der Waals surface area contributed by atoms with E-state index in [0.29, 0.717) is 5.75 Å². The van der Waals surface area contributed by atoms with Gasteiger partial charge in [0.05, 0.1) is 0 Å². The molecule has 4 rings (SSSR count). The van der Waals surface area contributed by atoms with E-state index in [4.69, 9.17) is 9.47 Å². The highest BCUT2D eigenvalue weighted by molar-refractivity contribution is 5.97. The number of halogens is 2. The third-order valence-electron chi connectivity index (χ3n) is 4.83. The van der Waals surface area contributed by atoms with Crippen molar-refractivity contribution < 1.29 is 23.0 Å². The van der Waals surface area contributed by atoms with Crippen LogP contribution in [0.5, 0.6) is 11.5 Å². The molecule has 1 fully saturated rings. The van der Waals surface area contributed by atoms with E-state index in [1.165, 1.54) is 6.07 Å². The topological polar surface area (TPSA) is 72.5 Å². The van der Waals surface area contributed by atoms with Crippen LogP contribution in [0.15, 0.2) is 24.3 Å². The maximum atomic E-state index is 13.4. The van der Waals surface area contributed by atoms with Crippen molar-refractivity contribution >= 4 is 17.4 Å². The number of ether oxygens (including phenoxy) is 2. The minimum atomic E-state index is -0.717. The number of amides is 1. The number of hydrogen-bond acceptors (Lipinski definition) is 5. The molecule has 1 aromatic heterocycles. The van der Waals surface area contributed by atoms with Gasteiger partial charge in [0.2, 0.25) is 6.79 Å². The maximum Gasteiger partial charge on any atom is 0.274 e. The zero-order valence-corrected chi connectivity index (χ0v) is 14.8. The van der Waals surface area contributed by atoms with Gasteiger partial charge in [0.1, 0.15) is 17.5 Å². The van der Waals surface area contributed by atoms with Crippen LogP contribution in [0.3, 0.4) is 0 Å². The van der Waals surface area contributed by atoms with Gasteiger partial charge in [0.15, 0.2) is 17.2 Å². The lowest BCUT2D eigenvalue weighted by Gasteiger charge is -2.25. The van der Waals surface area contributed by atoms with Crippen molar-refractivity contribution in [2.45, 2.75) is 38.1 Å². The molecule has 1 amide bonds. The van der Waals surface area contributed by atoms with Crippen LogP contribution >= 0.6 is 0 Å². The molecule has 2 N–H and O–H groups in total. The van der Waals surface area contributed by atoms with Crippen LogP contribution in [-0.4, -0.2) is 23.2 Å². The van der Waals surface area contributed by atoms with Crippen molar-refractivity contribution in [2.24, 2.45) is 0 Å².